The molecule has 0 saturated heterocycles. The summed E-state index contributed by atoms with van der Waals surface area (Å²) in [5.41, 5.74) is 9.65. The van der Waals surface area contributed by atoms with Crippen LogP contribution in [0.3, 0.4) is 0 Å². The van der Waals surface area contributed by atoms with Crippen LogP contribution < -0.4 is 16.8 Å². The molecule has 0 heterocycles. The van der Waals surface area contributed by atoms with Crippen LogP contribution in [-0.4, -0.2) is 23.4 Å². The summed E-state index contributed by atoms with van der Waals surface area (Å²) in [4.78, 5) is 22.4. The number of nitrogens with one attached hydrogen (secondary N) is 1. The molecule has 0 rings (SSSR count). The Balaban J connectivity index is 4.40. The van der Waals surface area contributed by atoms with Crippen LogP contribution in [0.1, 0.15) is 27.7 Å². The number of hydrogen-bond acceptors (Lipinski definition) is 3. The van der Waals surface area contributed by atoms with Gasteiger partial charge in [-0.25, -0.2) is 0 Å². The second-order valence-corrected chi connectivity index (χ2v) is 4.25. The number of amides is 2. The zero-order chi connectivity index (χ0) is 11.5. The van der Waals surface area contributed by atoms with Crippen LogP contribution in [0.15, 0.2) is 0 Å². The van der Waals surface area contributed by atoms with E-state index < -0.39 is 17.5 Å². The van der Waals surface area contributed by atoms with E-state index in [2.05, 4.69) is 5.32 Å². The molecule has 5 heteroatoms. The van der Waals surface area contributed by atoms with E-state index in [-0.39, 0.29) is 11.8 Å². The van der Waals surface area contributed by atoms with E-state index in [0.29, 0.717) is 0 Å². The number of primary amides is 1. The van der Waals surface area contributed by atoms with Crippen molar-refractivity contribution in [2.45, 2.75) is 39.3 Å². The summed E-state index contributed by atoms with van der Waals surface area (Å²) in [6, 6.07) is -0.617. The van der Waals surface area contributed by atoms with Gasteiger partial charge in [0, 0.05) is 0 Å². The molecule has 0 saturated carbocycles. The van der Waals surface area contributed by atoms with Gasteiger partial charge in [-0.3, -0.25) is 9.59 Å². The van der Waals surface area contributed by atoms with Gasteiger partial charge >= 0.3 is 0 Å². The van der Waals surface area contributed by atoms with Crippen LogP contribution in [0.25, 0.3) is 0 Å². The largest absolute Gasteiger partial charge is 0.368 e. The van der Waals surface area contributed by atoms with Crippen molar-refractivity contribution < 1.29 is 9.59 Å². The quantitative estimate of drug-likeness (QED) is 0.563. The van der Waals surface area contributed by atoms with Crippen molar-refractivity contribution in [1.29, 1.82) is 0 Å². The Bertz CT molecular complexity index is 236. The molecule has 1 atom stereocenters. The standard InChI is InChI=1S/C9H19N3O2/c1-5(2)6(10)7(13)12-9(3,4)8(11)14/h5-6H,10H2,1-4H3,(H2,11,14)(H,12,13). The molecule has 82 valence electrons. The molecule has 14 heavy (non-hydrogen) atoms. The van der Waals surface area contributed by atoms with Crippen LogP contribution >= 0.6 is 0 Å². The lowest BCUT2D eigenvalue weighted by Gasteiger charge is -2.25. The predicted molar refractivity (Wildman–Crippen MR) is 54.2 cm³/mol. The molecule has 0 bridgehead atoms. The van der Waals surface area contributed by atoms with Gasteiger partial charge < -0.3 is 16.8 Å². The number of carbonyl (C=O) groups is 2. The van der Waals surface area contributed by atoms with Crippen LogP contribution in [0, 0.1) is 5.92 Å². The van der Waals surface area contributed by atoms with Crippen LogP contribution in [0.5, 0.6) is 0 Å². The normalized spacial score (nSPS) is 13.9. The molecule has 2 amide bonds. The fourth-order valence-electron chi connectivity index (χ4n) is 0.756. The summed E-state index contributed by atoms with van der Waals surface area (Å²) in [5.74, 6) is -0.913. The number of carbonyl (C=O) groups excluding carboxylic acids is 2. The van der Waals surface area contributed by atoms with Gasteiger partial charge in [-0.05, 0) is 19.8 Å². The Morgan fingerprint density at radius 2 is 1.71 bits per heavy atom. The predicted octanol–water partition coefficient (Wildman–Crippen LogP) is -0.650. The van der Waals surface area contributed by atoms with Gasteiger partial charge in [-0.2, -0.15) is 0 Å². The molecule has 1 unspecified atom stereocenters. The molecule has 0 aromatic carbocycles. The Kier molecular flexibility index (Phi) is 4.07. The Labute approximate surface area is 84.2 Å². The van der Waals surface area contributed by atoms with Crippen LogP contribution in [0.4, 0.5) is 0 Å². The minimum Gasteiger partial charge on any atom is -0.368 e. The van der Waals surface area contributed by atoms with E-state index >= 15 is 0 Å². The Hall–Kier alpha value is -1.10. The second-order valence-electron chi connectivity index (χ2n) is 4.25. The highest BCUT2D eigenvalue weighted by molar-refractivity contribution is 5.91. The average Bonchev–Trinajstić information content (AvgIpc) is 2.01. The smallest absolute Gasteiger partial charge is 0.242 e. The number of hydrogen-bond donors (Lipinski definition) is 3. The van der Waals surface area contributed by atoms with Crippen molar-refractivity contribution in [1.82, 2.24) is 5.32 Å². The van der Waals surface area contributed by atoms with Gasteiger partial charge in [-0.15, -0.1) is 0 Å². The molecule has 0 aromatic heterocycles. The van der Waals surface area contributed by atoms with Gasteiger partial charge in [0.15, 0.2) is 0 Å². The van der Waals surface area contributed by atoms with Gasteiger partial charge in [0.2, 0.25) is 11.8 Å². The van der Waals surface area contributed by atoms with Gasteiger partial charge in [0.05, 0.1) is 6.04 Å². The molecule has 0 aliphatic rings. The van der Waals surface area contributed by atoms with Crippen LogP contribution in [-0.2, 0) is 9.59 Å². The maximum Gasteiger partial charge on any atom is 0.242 e. The number of nitrogens with two attached hydrogens (primary N) is 2. The summed E-state index contributed by atoms with van der Waals surface area (Å²) >= 11 is 0. The lowest BCUT2D eigenvalue weighted by Crippen LogP contribution is -2.57. The summed E-state index contributed by atoms with van der Waals surface area (Å²) in [6.45, 7) is 6.75. The van der Waals surface area contributed by atoms with Gasteiger partial charge in [-0.1, -0.05) is 13.8 Å². The molecular formula is C9H19N3O2. The highest BCUT2D eigenvalue weighted by atomic mass is 16.2. The van der Waals surface area contributed by atoms with Gasteiger partial charge in [0.25, 0.3) is 0 Å². The molecule has 0 aliphatic carbocycles. The molecule has 5 N–H and O–H groups in total. The highest BCUT2D eigenvalue weighted by Gasteiger charge is 2.29. The molecule has 0 spiro atoms. The maximum absolute atomic E-state index is 11.5. The fraction of sp³-hybridized carbons (Fsp3) is 0.778. The third-order valence-corrected chi connectivity index (χ3v) is 2.07. The van der Waals surface area contributed by atoms with Gasteiger partial charge in [0.1, 0.15) is 5.54 Å². The molecule has 0 aromatic rings. The Morgan fingerprint density at radius 3 is 2.00 bits per heavy atom. The summed E-state index contributed by atoms with van der Waals surface area (Å²) in [5, 5.41) is 2.50. The molecule has 5 nitrogen and oxygen atoms in total. The first-order valence-corrected chi connectivity index (χ1v) is 4.56. The lowest BCUT2D eigenvalue weighted by atomic mass is 10.0. The minimum atomic E-state index is -1.05. The van der Waals surface area contributed by atoms with Crippen molar-refractivity contribution in [3.8, 4) is 0 Å². The zero-order valence-corrected chi connectivity index (χ0v) is 9.13. The third-order valence-electron chi connectivity index (χ3n) is 2.07. The average molecular weight is 201 g/mol. The fourth-order valence-corrected chi connectivity index (χ4v) is 0.756. The summed E-state index contributed by atoms with van der Waals surface area (Å²) in [7, 11) is 0. The summed E-state index contributed by atoms with van der Waals surface area (Å²) < 4.78 is 0. The van der Waals surface area contributed by atoms with Crippen molar-refractivity contribution >= 4 is 11.8 Å². The molecular weight excluding hydrogens is 182 g/mol. The minimum absolute atomic E-state index is 0.0266. The highest BCUT2D eigenvalue weighted by Crippen LogP contribution is 2.04. The zero-order valence-electron chi connectivity index (χ0n) is 9.13. The van der Waals surface area contributed by atoms with E-state index in [9.17, 15) is 9.59 Å². The molecule has 0 aliphatic heterocycles. The lowest BCUT2D eigenvalue weighted by molar-refractivity contribution is -0.131. The Morgan fingerprint density at radius 1 is 1.29 bits per heavy atom. The van der Waals surface area contributed by atoms with E-state index in [0.717, 1.165) is 0 Å². The SMILES string of the molecule is CC(C)C(N)C(=O)NC(C)(C)C(N)=O. The van der Waals surface area contributed by atoms with Crippen molar-refractivity contribution in [2.24, 2.45) is 17.4 Å². The topological polar surface area (TPSA) is 98.2 Å². The first-order chi connectivity index (χ1) is 6.18. The summed E-state index contributed by atoms with van der Waals surface area (Å²) in [6.07, 6.45) is 0. The van der Waals surface area contributed by atoms with Crippen LogP contribution in [0.2, 0.25) is 0 Å². The van der Waals surface area contributed by atoms with E-state index in [1.807, 2.05) is 13.8 Å². The van der Waals surface area contributed by atoms with Crippen molar-refractivity contribution in [3.05, 3.63) is 0 Å². The third kappa shape index (κ3) is 3.33. The number of rotatable bonds is 4. The van der Waals surface area contributed by atoms with E-state index in [4.69, 9.17) is 11.5 Å². The van der Waals surface area contributed by atoms with Crippen molar-refractivity contribution in [3.63, 3.8) is 0 Å². The molecule has 0 radical (unpaired) electrons. The monoisotopic (exact) mass is 201 g/mol. The first-order valence-electron chi connectivity index (χ1n) is 4.56. The van der Waals surface area contributed by atoms with E-state index in [1.165, 1.54) is 0 Å². The van der Waals surface area contributed by atoms with E-state index in [1.54, 1.807) is 13.8 Å². The molecule has 0 fully saturated rings. The first kappa shape index (κ1) is 12.9. The van der Waals surface area contributed by atoms with Crippen molar-refractivity contribution in [2.75, 3.05) is 0 Å². The maximum atomic E-state index is 11.5. The second kappa shape index (κ2) is 4.41.